The number of hydrogen-bond acceptors (Lipinski definition) is 3. The largest absolute Gasteiger partial charge is 0.394 e. The number of aliphatic hydroxyl groups is 1. The molecule has 4 nitrogen and oxygen atoms in total. The number of carbonyl (C=O) groups excluding carboxylic acids is 1. The highest BCUT2D eigenvalue weighted by molar-refractivity contribution is 5.94. The van der Waals surface area contributed by atoms with E-state index >= 15 is 0 Å². The van der Waals surface area contributed by atoms with Crippen molar-refractivity contribution in [1.29, 1.82) is 0 Å². The second-order valence-electron chi connectivity index (χ2n) is 10.0. The van der Waals surface area contributed by atoms with Crippen LogP contribution in [0.4, 0.5) is 0 Å². The van der Waals surface area contributed by atoms with Crippen molar-refractivity contribution in [2.24, 2.45) is 11.8 Å². The van der Waals surface area contributed by atoms with Crippen molar-refractivity contribution >= 4 is 5.91 Å². The second kappa shape index (κ2) is 10.2. The van der Waals surface area contributed by atoms with Gasteiger partial charge in [0, 0.05) is 24.7 Å². The van der Waals surface area contributed by atoms with Crippen molar-refractivity contribution < 1.29 is 9.90 Å². The Morgan fingerprint density at radius 2 is 1.84 bits per heavy atom. The molecule has 1 saturated carbocycles. The maximum absolute atomic E-state index is 13.0. The molecule has 0 aromatic heterocycles. The van der Waals surface area contributed by atoms with E-state index in [9.17, 15) is 9.90 Å². The van der Waals surface area contributed by atoms with Gasteiger partial charge < -0.3 is 10.4 Å². The number of fused-ring (bicyclic) bond motifs is 1. The molecule has 1 aliphatic carbocycles. The van der Waals surface area contributed by atoms with Crippen LogP contribution in [0.3, 0.4) is 0 Å². The van der Waals surface area contributed by atoms with Gasteiger partial charge in [0.15, 0.2) is 0 Å². The first-order valence-electron chi connectivity index (χ1n) is 12.3. The number of carbonyl (C=O) groups is 1. The molecule has 1 amide bonds. The Morgan fingerprint density at radius 1 is 1.12 bits per heavy atom. The minimum atomic E-state index is -0.398. The van der Waals surface area contributed by atoms with E-state index < -0.39 is 6.04 Å². The van der Waals surface area contributed by atoms with Crippen molar-refractivity contribution in [3.05, 3.63) is 70.3 Å². The fraction of sp³-hybridized carbons (Fsp3) is 0.536. The SMILES string of the molecule is CC[C@H]1c2ccc(C(=O)N[C@@H](CO)c3ccc(C)cc3)cc2CN1C[C@H]1CC[C@H](C)CC1. The quantitative estimate of drug-likeness (QED) is 0.601. The summed E-state index contributed by atoms with van der Waals surface area (Å²) in [6.45, 7) is 8.66. The molecule has 1 fully saturated rings. The van der Waals surface area contributed by atoms with Crippen LogP contribution in [0.1, 0.15) is 90.6 Å². The Bertz CT molecular complexity index is 916. The monoisotopic (exact) mass is 434 g/mol. The molecule has 4 heteroatoms. The average Bonchev–Trinajstić information content (AvgIpc) is 3.15. The number of nitrogens with one attached hydrogen (secondary N) is 1. The van der Waals surface area contributed by atoms with Gasteiger partial charge >= 0.3 is 0 Å². The summed E-state index contributed by atoms with van der Waals surface area (Å²) < 4.78 is 0. The van der Waals surface area contributed by atoms with Crippen LogP contribution >= 0.6 is 0 Å². The molecule has 2 aromatic carbocycles. The van der Waals surface area contributed by atoms with Gasteiger partial charge in [-0.25, -0.2) is 0 Å². The molecule has 0 bridgehead atoms. The van der Waals surface area contributed by atoms with Crippen LogP contribution in [-0.2, 0) is 6.54 Å². The molecule has 2 N–H and O–H groups in total. The standard InChI is InChI=1S/C28H38N2O2/c1-4-27-25-14-13-23(28(32)29-26(18-31)22-11-7-20(3)8-12-22)15-24(25)17-30(27)16-21-9-5-19(2)6-10-21/h7-8,11-15,19,21,26-27,31H,4-6,9-10,16-18H2,1-3H3,(H,29,32)/t19-,21-,26-,27-/m0/s1. The van der Waals surface area contributed by atoms with E-state index in [1.54, 1.807) is 0 Å². The first-order chi connectivity index (χ1) is 15.5. The molecule has 2 aromatic rings. The fourth-order valence-electron chi connectivity index (χ4n) is 5.52. The lowest BCUT2D eigenvalue weighted by Crippen LogP contribution is -2.30. The first-order valence-corrected chi connectivity index (χ1v) is 12.3. The maximum atomic E-state index is 13.0. The van der Waals surface area contributed by atoms with E-state index in [2.05, 4.69) is 36.2 Å². The summed E-state index contributed by atoms with van der Waals surface area (Å²) >= 11 is 0. The second-order valence-corrected chi connectivity index (χ2v) is 10.0. The molecule has 32 heavy (non-hydrogen) atoms. The molecule has 4 rings (SSSR count). The number of nitrogens with zero attached hydrogens (tertiary/aromatic N) is 1. The highest BCUT2D eigenvalue weighted by Crippen LogP contribution is 2.39. The van der Waals surface area contributed by atoms with Gasteiger partial charge in [-0.05, 0) is 66.8 Å². The van der Waals surface area contributed by atoms with Crippen molar-refractivity contribution in [3.63, 3.8) is 0 Å². The third-order valence-corrected chi connectivity index (χ3v) is 7.56. The summed E-state index contributed by atoms with van der Waals surface area (Å²) in [5.41, 5.74) is 5.42. The van der Waals surface area contributed by atoms with Crippen molar-refractivity contribution in [2.45, 2.75) is 71.5 Å². The number of aliphatic hydroxyl groups excluding tert-OH is 1. The van der Waals surface area contributed by atoms with Crippen molar-refractivity contribution in [1.82, 2.24) is 10.2 Å². The Hall–Kier alpha value is -2.17. The van der Waals surface area contributed by atoms with E-state index in [0.717, 1.165) is 35.9 Å². The highest BCUT2D eigenvalue weighted by Gasteiger charge is 2.32. The van der Waals surface area contributed by atoms with Crippen LogP contribution < -0.4 is 5.32 Å². The minimum absolute atomic E-state index is 0.120. The molecule has 1 aliphatic heterocycles. The van der Waals surface area contributed by atoms with Gasteiger partial charge in [0.1, 0.15) is 0 Å². The molecular formula is C28H38N2O2. The zero-order valence-corrected chi connectivity index (χ0v) is 19.8. The van der Waals surface area contributed by atoms with Crippen LogP contribution in [0.25, 0.3) is 0 Å². The lowest BCUT2D eigenvalue weighted by atomic mass is 9.82. The van der Waals surface area contributed by atoms with E-state index in [1.807, 2.05) is 37.3 Å². The molecule has 0 spiro atoms. The summed E-state index contributed by atoms with van der Waals surface area (Å²) in [7, 11) is 0. The minimum Gasteiger partial charge on any atom is -0.394 e. The van der Waals surface area contributed by atoms with Crippen molar-refractivity contribution in [2.75, 3.05) is 13.2 Å². The van der Waals surface area contributed by atoms with Crippen LogP contribution in [0.15, 0.2) is 42.5 Å². The number of amides is 1. The van der Waals surface area contributed by atoms with Gasteiger partial charge in [0.25, 0.3) is 5.91 Å². The van der Waals surface area contributed by atoms with Gasteiger partial charge in [-0.3, -0.25) is 9.69 Å². The van der Waals surface area contributed by atoms with Gasteiger partial charge in [0.2, 0.25) is 0 Å². The summed E-state index contributed by atoms with van der Waals surface area (Å²) in [5, 5.41) is 12.9. The Morgan fingerprint density at radius 3 is 2.50 bits per heavy atom. The summed E-state index contributed by atoms with van der Waals surface area (Å²) in [5.74, 6) is 1.56. The maximum Gasteiger partial charge on any atom is 0.251 e. The lowest BCUT2D eigenvalue weighted by Gasteiger charge is -2.32. The van der Waals surface area contributed by atoms with Gasteiger partial charge in [0.05, 0.1) is 12.6 Å². The van der Waals surface area contributed by atoms with E-state index in [4.69, 9.17) is 0 Å². The van der Waals surface area contributed by atoms with Gasteiger partial charge in [-0.1, -0.05) is 62.6 Å². The predicted molar refractivity (Wildman–Crippen MR) is 129 cm³/mol. The smallest absolute Gasteiger partial charge is 0.251 e. The van der Waals surface area contributed by atoms with Crippen LogP contribution in [0, 0.1) is 18.8 Å². The third-order valence-electron chi connectivity index (χ3n) is 7.56. The molecule has 1 heterocycles. The number of benzene rings is 2. The van der Waals surface area contributed by atoms with Gasteiger partial charge in [-0.2, -0.15) is 0 Å². The van der Waals surface area contributed by atoms with Crippen LogP contribution in [0.2, 0.25) is 0 Å². The zero-order valence-electron chi connectivity index (χ0n) is 19.8. The topological polar surface area (TPSA) is 52.6 Å². The molecule has 172 valence electrons. The first kappa shape index (κ1) is 23.0. The molecule has 2 aliphatic rings. The number of hydrogen-bond donors (Lipinski definition) is 2. The molecule has 0 radical (unpaired) electrons. The Kier molecular flexibility index (Phi) is 7.32. The van der Waals surface area contributed by atoms with E-state index in [1.165, 1.54) is 43.4 Å². The molecular weight excluding hydrogens is 396 g/mol. The summed E-state index contributed by atoms with van der Waals surface area (Å²) in [6, 6.07) is 14.2. The zero-order chi connectivity index (χ0) is 22.7. The predicted octanol–water partition coefficient (Wildman–Crippen LogP) is 5.55. The molecule has 0 unspecified atom stereocenters. The Balaban J connectivity index is 1.44. The van der Waals surface area contributed by atoms with Gasteiger partial charge in [-0.15, -0.1) is 0 Å². The fourth-order valence-corrected chi connectivity index (χ4v) is 5.52. The number of rotatable bonds is 7. The molecule has 2 atom stereocenters. The number of aryl methyl sites for hydroxylation is 1. The third kappa shape index (κ3) is 5.07. The lowest BCUT2D eigenvalue weighted by molar-refractivity contribution is 0.0916. The van der Waals surface area contributed by atoms with Crippen LogP contribution in [0.5, 0.6) is 0 Å². The normalized spacial score (nSPS) is 24.2. The average molecular weight is 435 g/mol. The van der Waals surface area contributed by atoms with E-state index in [-0.39, 0.29) is 12.5 Å². The summed E-state index contributed by atoms with van der Waals surface area (Å²) in [4.78, 5) is 15.6. The Labute approximate surface area is 193 Å². The van der Waals surface area contributed by atoms with Crippen molar-refractivity contribution in [3.8, 4) is 0 Å². The van der Waals surface area contributed by atoms with Crippen LogP contribution in [-0.4, -0.2) is 29.1 Å². The molecule has 0 saturated heterocycles. The van der Waals surface area contributed by atoms with E-state index in [0.29, 0.717) is 11.6 Å². The highest BCUT2D eigenvalue weighted by atomic mass is 16.3. The summed E-state index contributed by atoms with van der Waals surface area (Å²) in [6.07, 6.45) is 6.51.